The molecule has 8 nitrogen and oxygen atoms in total. The van der Waals surface area contributed by atoms with Crippen molar-refractivity contribution in [1.82, 2.24) is 9.97 Å². The Labute approximate surface area is 232 Å². The molecule has 2 amide bonds. The molecule has 2 aromatic carbocycles. The predicted octanol–water partition coefficient (Wildman–Crippen LogP) is 7.19. The Morgan fingerprint density at radius 1 is 1.11 bits per heavy atom. The van der Waals surface area contributed by atoms with Gasteiger partial charge in [0.15, 0.2) is 5.13 Å². The number of ether oxygens (including phenoxy) is 1. The van der Waals surface area contributed by atoms with Gasteiger partial charge in [0, 0.05) is 18.1 Å². The van der Waals surface area contributed by atoms with Crippen molar-refractivity contribution >= 4 is 67.5 Å². The van der Waals surface area contributed by atoms with Crippen LogP contribution in [-0.4, -0.2) is 21.8 Å². The molecule has 0 bridgehead atoms. The first-order valence-corrected chi connectivity index (χ1v) is 13.3. The van der Waals surface area contributed by atoms with Crippen LogP contribution >= 0.6 is 34.5 Å². The van der Waals surface area contributed by atoms with Crippen molar-refractivity contribution in [3.8, 4) is 17.7 Å². The largest absolute Gasteiger partial charge is 0.439 e. The zero-order valence-electron chi connectivity index (χ0n) is 20.3. The first kappa shape index (κ1) is 25.9. The molecule has 0 aliphatic heterocycles. The van der Waals surface area contributed by atoms with Crippen LogP contribution in [0.2, 0.25) is 10.0 Å². The SMILES string of the molecule is CC(C)(C#N)c1cccc(C(=O)Nc2cc(Oc3ccc4nc(NC(=O)C5CC5)sc4n3)ccc2Cl)c1Cl. The maximum absolute atomic E-state index is 13.1. The standard InChI is InChI=1S/C27H21Cl2N5O3S/c1-27(2,13-30)17-5-3-4-16(22(17)29)24(36)31-20-12-15(8-9-18(20)28)37-21-11-10-19-25(33-21)38-26(32-19)34-23(35)14-6-7-14/h3-5,8-12,14H,6-7H2,1-2H3,(H,31,36)(H,32,34,35). The van der Waals surface area contributed by atoms with Gasteiger partial charge in [-0.3, -0.25) is 9.59 Å². The highest BCUT2D eigenvalue weighted by molar-refractivity contribution is 7.21. The van der Waals surface area contributed by atoms with Crippen molar-refractivity contribution in [1.29, 1.82) is 5.26 Å². The van der Waals surface area contributed by atoms with E-state index in [-0.39, 0.29) is 22.4 Å². The van der Waals surface area contributed by atoms with Gasteiger partial charge in [0.05, 0.1) is 32.8 Å². The number of hydrogen-bond donors (Lipinski definition) is 2. The Kier molecular flexibility index (Phi) is 6.97. The Morgan fingerprint density at radius 3 is 2.63 bits per heavy atom. The van der Waals surface area contributed by atoms with Crippen molar-refractivity contribution in [2.75, 3.05) is 10.6 Å². The summed E-state index contributed by atoms with van der Waals surface area (Å²) in [5.41, 5.74) is 0.874. The number of thiazole rings is 1. The zero-order valence-corrected chi connectivity index (χ0v) is 22.7. The quantitative estimate of drug-likeness (QED) is 0.245. The van der Waals surface area contributed by atoms with E-state index in [1.54, 1.807) is 62.4 Å². The second kappa shape index (κ2) is 10.2. The zero-order chi connectivity index (χ0) is 27.0. The fourth-order valence-corrected chi connectivity index (χ4v) is 5.13. The number of halogens is 2. The molecule has 0 spiro atoms. The number of carbonyl (C=O) groups is 2. The summed E-state index contributed by atoms with van der Waals surface area (Å²) in [6, 6.07) is 15.4. The third-order valence-corrected chi connectivity index (χ3v) is 7.63. The average Bonchev–Trinajstić information content (AvgIpc) is 3.66. The molecule has 0 unspecified atom stereocenters. The molecule has 0 atom stereocenters. The van der Waals surface area contributed by atoms with Gasteiger partial charge in [-0.15, -0.1) is 0 Å². The van der Waals surface area contributed by atoms with Crippen LogP contribution in [0.15, 0.2) is 48.5 Å². The lowest BCUT2D eigenvalue weighted by atomic mass is 9.85. The fourth-order valence-electron chi connectivity index (χ4n) is 3.69. The van der Waals surface area contributed by atoms with Gasteiger partial charge >= 0.3 is 0 Å². The van der Waals surface area contributed by atoms with Crippen LogP contribution in [0, 0.1) is 17.2 Å². The molecule has 1 aliphatic carbocycles. The predicted molar refractivity (Wildman–Crippen MR) is 148 cm³/mol. The van der Waals surface area contributed by atoms with E-state index in [1.165, 1.54) is 11.3 Å². The van der Waals surface area contributed by atoms with Crippen molar-refractivity contribution in [2.24, 2.45) is 5.92 Å². The van der Waals surface area contributed by atoms with Gasteiger partial charge < -0.3 is 15.4 Å². The maximum Gasteiger partial charge on any atom is 0.257 e. The van der Waals surface area contributed by atoms with Crippen molar-refractivity contribution in [3.63, 3.8) is 0 Å². The summed E-state index contributed by atoms with van der Waals surface area (Å²) < 4.78 is 5.92. The molecule has 11 heteroatoms. The summed E-state index contributed by atoms with van der Waals surface area (Å²) in [7, 11) is 0. The molecule has 1 saturated carbocycles. The molecule has 38 heavy (non-hydrogen) atoms. The van der Waals surface area contributed by atoms with E-state index in [1.807, 2.05) is 0 Å². The molecule has 192 valence electrons. The van der Waals surface area contributed by atoms with Crippen LogP contribution in [0.4, 0.5) is 10.8 Å². The van der Waals surface area contributed by atoms with E-state index >= 15 is 0 Å². The number of fused-ring (bicyclic) bond motifs is 1. The molecule has 0 radical (unpaired) electrons. The third-order valence-electron chi connectivity index (χ3n) is 6.01. The number of hydrogen-bond acceptors (Lipinski definition) is 7. The van der Waals surface area contributed by atoms with E-state index in [0.29, 0.717) is 43.4 Å². The molecule has 2 aromatic heterocycles. The van der Waals surface area contributed by atoms with E-state index in [2.05, 4.69) is 26.7 Å². The van der Waals surface area contributed by atoms with Crippen LogP contribution in [0.25, 0.3) is 10.3 Å². The summed E-state index contributed by atoms with van der Waals surface area (Å²) in [5.74, 6) is 0.301. The van der Waals surface area contributed by atoms with Gasteiger partial charge in [-0.05, 0) is 56.5 Å². The first-order chi connectivity index (χ1) is 18.1. The molecular formula is C27H21Cl2N5O3S. The minimum Gasteiger partial charge on any atom is -0.439 e. The second-order valence-corrected chi connectivity index (χ2v) is 11.1. The number of amides is 2. The molecule has 4 aromatic rings. The lowest BCUT2D eigenvalue weighted by molar-refractivity contribution is -0.117. The van der Waals surface area contributed by atoms with Gasteiger partial charge in [-0.25, -0.2) is 9.97 Å². The van der Waals surface area contributed by atoms with Gasteiger partial charge in [0.1, 0.15) is 16.1 Å². The van der Waals surface area contributed by atoms with Gasteiger partial charge in [0.25, 0.3) is 5.91 Å². The Balaban J connectivity index is 1.34. The first-order valence-electron chi connectivity index (χ1n) is 11.7. The lowest BCUT2D eigenvalue weighted by Crippen LogP contribution is -2.18. The summed E-state index contributed by atoms with van der Waals surface area (Å²) >= 11 is 14.1. The highest BCUT2D eigenvalue weighted by Crippen LogP contribution is 2.35. The summed E-state index contributed by atoms with van der Waals surface area (Å²) in [4.78, 5) is 34.6. The Hall–Kier alpha value is -3.71. The fraction of sp³-hybridized carbons (Fsp3) is 0.222. The van der Waals surface area contributed by atoms with Crippen LogP contribution in [0.5, 0.6) is 11.6 Å². The number of carbonyl (C=O) groups excluding carboxylic acids is 2. The number of benzene rings is 2. The molecule has 1 aliphatic rings. The molecule has 0 saturated heterocycles. The van der Waals surface area contributed by atoms with E-state index in [9.17, 15) is 14.9 Å². The van der Waals surface area contributed by atoms with Gasteiger partial charge in [0.2, 0.25) is 11.8 Å². The van der Waals surface area contributed by atoms with Crippen LogP contribution < -0.4 is 15.4 Å². The summed E-state index contributed by atoms with van der Waals surface area (Å²) in [5, 5.41) is 16.1. The molecule has 2 heterocycles. The average molecular weight is 566 g/mol. The smallest absolute Gasteiger partial charge is 0.257 e. The number of nitriles is 1. The van der Waals surface area contributed by atoms with E-state index in [0.717, 1.165) is 12.8 Å². The van der Waals surface area contributed by atoms with Crippen LogP contribution in [0.3, 0.4) is 0 Å². The normalized spacial score (nSPS) is 13.1. The monoisotopic (exact) mass is 565 g/mol. The lowest BCUT2D eigenvalue weighted by Gasteiger charge is -2.19. The third kappa shape index (κ3) is 5.43. The van der Waals surface area contributed by atoms with Crippen LogP contribution in [0.1, 0.15) is 42.6 Å². The number of rotatable bonds is 7. The highest BCUT2D eigenvalue weighted by Gasteiger charge is 2.30. The number of nitrogens with zero attached hydrogens (tertiary/aromatic N) is 3. The van der Waals surface area contributed by atoms with E-state index in [4.69, 9.17) is 27.9 Å². The van der Waals surface area contributed by atoms with Crippen molar-refractivity contribution in [3.05, 3.63) is 69.7 Å². The molecule has 5 rings (SSSR count). The molecule has 1 fully saturated rings. The van der Waals surface area contributed by atoms with E-state index < -0.39 is 11.3 Å². The van der Waals surface area contributed by atoms with Gasteiger partial charge in [-0.1, -0.05) is 46.7 Å². The van der Waals surface area contributed by atoms with Crippen LogP contribution in [-0.2, 0) is 10.2 Å². The summed E-state index contributed by atoms with van der Waals surface area (Å²) in [6.07, 6.45) is 1.82. The Bertz CT molecular complexity index is 1620. The van der Waals surface area contributed by atoms with Crippen molar-refractivity contribution < 1.29 is 14.3 Å². The summed E-state index contributed by atoms with van der Waals surface area (Å²) in [6.45, 7) is 3.46. The maximum atomic E-state index is 13.1. The molecule has 2 N–H and O–H groups in total. The number of aromatic nitrogens is 2. The number of nitrogens with one attached hydrogen (secondary N) is 2. The molecular weight excluding hydrogens is 545 g/mol. The highest BCUT2D eigenvalue weighted by atomic mass is 35.5. The number of pyridine rings is 1. The van der Waals surface area contributed by atoms with Gasteiger partial charge in [-0.2, -0.15) is 5.26 Å². The Morgan fingerprint density at radius 2 is 1.89 bits per heavy atom. The van der Waals surface area contributed by atoms with Crippen molar-refractivity contribution in [2.45, 2.75) is 32.1 Å². The second-order valence-electron chi connectivity index (χ2n) is 9.36. The number of anilines is 2. The minimum absolute atomic E-state index is 0.0157. The topological polar surface area (TPSA) is 117 Å². The minimum atomic E-state index is -0.867.